The first kappa shape index (κ1) is 16.0. The zero-order chi connectivity index (χ0) is 16.4. The van der Waals surface area contributed by atoms with Crippen LogP contribution < -0.4 is 4.65 Å². The van der Waals surface area contributed by atoms with Crippen molar-refractivity contribution in [2.24, 2.45) is 0 Å². The molecule has 1 aliphatic rings. The highest BCUT2D eigenvalue weighted by atomic mass is 19.1. The molecule has 2 rings (SSSR count). The third-order valence-corrected chi connectivity index (χ3v) is 3.36. The molecule has 1 aromatic rings. The Balaban J connectivity index is 2.24. The van der Waals surface area contributed by atoms with Crippen molar-refractivity contribution in [1.29, 1.82) is 0 Å². The lowest BCUT2D eigenvalue weighted by molar-refractivity contribution is -0.140. The summed E-state index contributed by atoms with van der Waals surface area (Å²) in [6.45, 7) is 0. The maximum Gasteiger partial charge on any atom is 0.526 e. The lowest BCUT2D eigenvalue weighted by Crippen LogP contribution is -2.36. The highest BCUT2D eigenvalue weighted by molar-refractivity contribution is 6.47. The molecule has 1 aromatic carbocycles. The summed E-state index contributed by atoms with van der Waals surface area (Å²) in [5.74, 6) is -5.34. The Hall–Kier alpha value is -2.42. The van der Waals surface area contributed by atoms with Gasteiger partial charge < -0.3 is 19.9 Å². The van der Waals surface area contributed by atoms with Gasteiger partial charge in [0.05, 0.1) is 0 Å². The van der Waals surface area contributed by atoms with Gasteiger partial charge in [-0.1, -0.05) is 6.07 Å². The predicted molar refractivity (Wildman–Crippen MR) is 71.3 cm³/mol. The molecule has 0 aliphatic carbocycles. The number of ketones is 1. The van der Waals surface area contributed by atoms with Crippen molar-refractivity contribution < 1.29 is 38.7 Å². The average molecular weight is 310 g/mol. The van der Waals surface area contributed by atoms with E-state index >= 15 is 0 Å². The summed E-state index contributed by atoms with van der Waals surface area (Å²) in [5, 5.41) is 27.4. The maximum absolute atomic E-state index is 13.5. The highest BCUT2D eigenvalue weighted by Gasteiger charge is 2.38. The second kappa shape index (κ2) is 6.14. The Morgan fingerprint density at radius 1 is 1.32 bits per heavy atom. The van der Waals surface area contributed by atoms with Gasteiger partial charge in [0.1, 0.15) is 29.3 Å². The van der Waals surface area contributed by atoms with E-state index in [9.17, 15) is 23.8 Å². The second-order valence-electron chi connectivity index (χ2n) is 5.00. The molecule has 0 saturated carbocycles. The standard InChI is InChI=1S/C13H12BFO7/c15-9-2-1-6-3-7(4-8(16)5-10(17)18)14(21)22-12(6)11(9)13(19)20/h1-2,7,21H,3-5H2,(H,17,18)(H,19,20)/t7-/m1/s1. The van der Waals surface area contributed by atoms with E-state index in [1.807, 2.05) is 0 Å². The first-order valence-corrected chi connectivity index (χ1v) is 6.42. The van der Waals surface area contributed by atoms with E-state index in [4.69, 9.17) is 14.9 Å². The number of rotatable bonds is 5. The molecule has 1 atom stereocenters. The van der Waals surface area contributed by atoms with Crippen molar-refractivity contribution >= 4 is 24.8 Å². The normalized spacial score (nSPS) is 16.6. The van der Waals surface area contributed by atoms with Gasteiger partial charge in [-0.15, -0.1) is 0 Å². The fourth-order valence-corrected chi connectivity index (χ4v) is 2.40. The number of hydrogen-bond acceptors (Lipinski definition) is 5. The molecule has 116 valence electrons. The minimum Gasteiger partial charge on any atom is -0.535 e. The van der Waals surface area contributed by atoms with Crippen molar-refractivity contribution in [3.05, 3.63) is 29.1 Å². The molecule has 22 heavy (non-hydrogen) atoms. The Kier molecular flexibility index (Phi) is 4.46. The van der Waals surface area contributed by atoms with E-state index in [-0.39, 0.29) is 18.6 Å². The molecule has 7 nitrogen and oxygen atoms in total. The average Bonchev–Trinajstić information content (AvgIpc) is 2.38. The number of Topliss-reactive ketones (excluding diaryl/α,β-unsaturated/α-hetero) is 1. The molecule has 0 fully saturated rings. The smallest absolute Gasteiger partial charge is 0.526 e. The van der Waals surface area contributed by atoms with Gasteiger partial charge in [-0.05, 0) is 18.1 Å². The number of hydrogen-bond donors (Lipinski definition) is 3. The van der Waals surface area contributed by atoms with Crippen LogP contribution in [0, 0.1) is 5.82 Å². The van der Waals surface area contributed by atoms with Gasteiger partial charge in [-0.25, -0.2) is 9.18 Å². The van der Waals surface area contributed by atoms with Crippen molar-refractivity contribution in [3.8, 4) is 5.75 Å². The van der Waals surface area contributed by atoms with E-state index < -0.39 is 48.5 Å². The molecule has 0 radical (unpaired) electrons. The molecule has 0 saturated heterocycles. The summed E-state index contributed by atoms with van der Waals surface area (Å²) in [5.41, 5.74) is -0.330. The van der Waals surface area contributed by atoms with Gasteiger partial charge in [0, 0.05) is 12.2 Å². The maximum atomic E-state index is 13.5. The number of aromatic carboxylic acids is 1. The summed E-state index contributed by atoms with van der Waals surface area (Å²) in [6, 6.07) is 2.29. The van der Waals surface area contributed by atoms with Crippen LogP contribution in [-0.4, -0.2) is 40.1 Å². The summed E-state index contributed by atoms with van der Waals surface area (Å²) >= 11 is 0. The first-order chi connectivity index (χ1) is 10.3. The number of carbonyl (C=O) groups is 3. The largest absolute Gasteiger partial charge is 0.535 e. The van der Waals surface area contributed by atoms with E-state index in [1.165, 1.54) is 6.07 Å². The molecular formula is C13H12BFO7. The first-order valence-electron chi connectivity index (χ1n) is 6.42. The Labute approximate surface area is 124 Å². The summed E-state index contributed by atoms with van der Waals surface area (Å²) < 4.78 is 18.6. The van der Waals surface area contributed by atoms with Crippen LogP contribution in [0.1, 0.15) is 28.8 Å². The van der Waals surface area contributed by atoms with Gasteiger partial charge in [0.25, 0.3) is 0 Å². The third-order valence-electron chi connectivity index (χ3n) is 3.36. The topological polar surface area (TPSA) is 121 Å². The van der Waals surface area contributed by atoms with Gasteiger partial charge in [-0.2, -0.15) is 0 Å². The van der Waals surface area contributed by atoms with Gasteiger partial charge in [0.2, 0.25) is 0 Å². The summed E-state index contributed by atoms with van der Waals surface area (Å²) in [4.78, 5) is 33.0. The SMILES string of the molecule is O=C(O)CC(=O)C[C@H]1Cc2ccc(F)c(C(=O)O)c2OB1O. The Morgan fingerprint density at radius 2 is 2.00 bits per heavy atom. The Morgan fingerprint density at radius 3 is 2.59 bits per heavy atom. The molecule has 1 aliphatic heterocycles. The lowest BCUT2D eigenvalue weighted by Gasteiger charge is -2.28. The van der Waals surface area contributed by atoms with Crippen LogP contribution in [0.4, 0.5) is 4.39 Å². The van der Waals surface area contributed by atoms with Gasteiger partial charge in [-0.3, -0.25) is 9.59 Å². The zero-order valence-corrected chi connectivity index (χ0v) is 11.3. The van der Waals surface area contributed by atoms with Crippen LogP contribution in [0.15, 0.2) is 12.1 Å². The number of carboxylic acid groups (broad SMARTS) is 2. The molecule has 3 N–H and O–H groups in total. The zero-order valence-electron chi connectivity index (χ0n) is 11.3. The van der Waals surface area contributed by atoms with Crippen LogP contribution in [0.2, 0.25) is 5.82 Å². The summed E-state index contributed by atoms with van der Waals surface area (Å²) in [7, 11) is -1.51. The van der Waals surface area contributed by atoms with Crippen molar-refractivity contribution in [2.45, 2.75) is 25.1 Å². The molecular weight excluding hydrogens is 298 g/mol. The number of benzene rings is 1. The number of aliphatic carboxylic acids is 1. The lowest BCUT2D eigenvalue weighted by atomic mass is 9.64. The van der Waals surface area contributed by atoms with Crippen molar-refractivity contribution in [2.75, 3.05) is 0 Å². The van der Waals surface area contributed by atoms with Crippen LogP contribution in [0.5, 0.6) is 5.75 Å². The number of halogens is 1. The number of fused-ring (bicyclic) bond motifs is 1. The second-order valence-corrected chi connectivity index (χ2v) is 5.00. The van der Waals surface area contributed by atoms with Crippen LogP contribution >= 0.6 is 0 Å². The number of carboxylic acids is 2. The fourth-order valence-electron chi connectivity index (χ4n) is 2.40. The van der Waals surface area contributed by atoms with E-state index in [0.29, 0.717) is 5.56 Å². The van der Waals surface area contributed by atoms with Crippen molar-refractivity contribution in [1.82, 2.24) is 0 Å². The van der Waals surface area contributed by atoms with E-state index in [1.54, 1.807) is 0 Å². The fraction of sp³-hybridized carbons (Fsp3) is 0.308. The van der Waals surface area contributed by atoms with E-state index in [2.05, 4.69) is 0 Å². The molecule has 0 amide bonds. The van der Waals surface area contributed by atoms with Gasteiger partial charge in [0.15, 0.2) is 0 Å². The molecule has 0 spiro atoms. The highest BCUT2D eigenvalue weighted by Crippen LogP contribution is 2.37. The predicted octanol–water partition coefficient (Wildman–Crippen LogP) is 0.743. The van der Waals surface area contributed by atoms with Gasteiger partial charge >= 0.3 is 19.1 Å². The van der Waals surface area contributed by atoms with Crippen molar-refractivity contribution in [3.63, 3.8) is 0 Å². The van der Waals surface area contributed by atoms with Crippen LogP contribution in [-0.2, 0) is 16.0 Å². The number of carbonyl (C=O) groups excluding carboxylic acids is 1. The van der Waals surface area contributed by atoms with E-state index in [0.717, 1.165) is 6.07 Å². The molecule has 0 unspecified atom stereocenters. The van der Waals surface area contributed by atoms with Crippen LogP contribution in [0.25, 0.3) is 0 Å². The third kappa shape index (κ3) is 3.25. The minimum absolute atomic E-state index is 0.0857. The monoisotopic (exact) mass is 310 g/mol. The Bertz CT molecular complexity index is 646. The minimum atomic E-state index is -1.53. The summed E-state index contributed by atoms with van der Waals surface area (Å²) in [6.07, 6.45) is -0.811. The molecule has 1 heterocycles. The molecule has 0 aromatic heterocycles. The quantitative estimate of drug-likeness (QED) is 0.542. The van der Waals surface area contributed by atoms with Crippen LogP contribution in [0.3, 0.4) is 0 Å². The molecule has 0 bridgehead atoms. The molecule has 9 heteroatoms.